The lowest BCUT2D eigenvalue weighted by molar-refractivity contribution is 0.422. The van der Waals surface area contributed by atoms with Crippen molar-refractivity contribution in [2.45, 2.75) is 19.4 Å². The van der Waals surface area contributed by atoms with E-state index in [1.54, 1.807) is 12.4 Å². The van der Waals surface area contributed by atoms with Crippen molar-refractivity contribution in [3.8, 4) is 11.6 Å². The smallest absolute Gasteiger partial charge is 0.277 e. The molecule has 1 atom stereocenters. The summed E-state index contributed by atoms with van der Waals surface area (Å²) < 4.78 is 5.24. The van der Waals surface area contributed by atoms with E-state index in [1.807, 2.05) is 24.4 Å². The molecule has 3 heterocycles. The van der Waals surface area contributed by atoms with Crippen LogP contribution in [0.5, 0.6) is 0 Å². The van der Waals surface area contributed by atoms with Crippen molar-refractivity contribution in [3.63, 3.8) is 0 Å². The lowest BCUT2D eigenvalue weighted by Gasteiger charge is -1.95. The minimum atomic E-state index is -0.0912. The van der Waals surface area contributed by atoms with Crippen LogP contribution in [0.15, 0.2) is 34.4 Å². The number of hydrogen-bond donors (Lipinski definition) is 1. The average Bonchev–Trinajstić information content (AvgIpc) is 3.08. The summed E-state index contributed by atoms with van der Waals surface area (Å²) in [5.41, 5.74) is 7.50. The molecule has 6 nitrogen and oxygen atoms in total. The van der Waals surface area contributed by atoms with E-state index in [0.717, 1.165) is 10.6 Å². The van der Waals surface area contributed by atoms with Crippen molar-refractivity contribution in [2.75, 3.05) is 0 Å². The van der Waals surface area contributed by atoms with Crippen LogP contribution in [0, 0.1) is 0 Å². The van der Waals surface area contributed by atoms with Gasteiger partial charge in [0.05, 0.1) is 6.04 Å². The second-order valence-corrected chi connectivity index (χ2v) is 5.30. The molecule has 0 aromatic carbocycles. The molecule has 0 saturated heterocycles. The van der Waals surface area contributed by atoms with Gasteiger partial charge in [-0.25, -0.2) is 4.98 Å². The Balaban J connectivity index is 1.79. The predicted octanol–water partition coefficient (Wildman–Crippen LogP) is 2.20. The van der Waals surface area contributed by atoms with Crippen molar-refractivity contribution < 1.29 is 4.52 Å². The Kier molecular flexibility index (Phi) is 3.53. The Labute approximate surface area is 119 Å². The Morgan fingerprint density at radius 2 is 2.30 bits per heavy atom. The first-order valence-electron chi connectivity index (χ1n) is 6.15. The summed E-state index contributed by atoms with van der Waals surface area (Å²) in [6.07, 6.45) is 4.10. The van der Waals surface area contributed by atoms with Crippen LogP contribution < -0.4 is 5.73 Å². The van der Waals surface area contributed by atoms with Crippen LogP contribution in [0.3, 0.4) is 0 Å². The maximum absolute atomic E-state index is 5.79. The average molecular weight is 287 g/mol. The second kappa shape index (κ2) is 5.48. The van der Waals surface area contributed by atoms with Crippen LogP contribution in [0.25, 0.3) is 11.6 Å². The number of nitrogens with zero attached hydrogens (tertiary/aromatic N) is 4. The van der Waals surface area contributed by atoms with Crippen LogP contribution >= 0.6 is 11.3 Å². The van der Waals surface area contributed by atoms with Gasteiger partial charge in [-0.2, -0.15) is 4.98 Å². The molecule has 2 N–H and O–H groups in total. The zero-order valence-corrected chi connectivity index (χ0v) is 11.7. The van der Waals surface area contributed by atoms with E-state index in [4.69, 9.17) is 10.3 Å². The lowest BCUT2D eigenvalue weighted by atomic mass is 10.2. The van der Waals surface area contributed by atoms with E-state index in [2.05, 4.69) is 20.1 Å². The van der Waals surface area contributed by atoms with Crippen molar-refractivity contribution >= 4 is 11.3 Å². The van der Waals surface area contributed by atoms with Gasteiger partial charge in [0.1, 0.15) is 10.7 Å². The fourth-order valence-electron chi connectivity index (χ4n) is 1.71. The number of hydrogen-bond acceptors (Lipinski definition) is 7. The maximum atomic E-state index is 5.79. The van der Waals surface area contributed by atoms with Gasteiger partial charge in [0.2, 0.25) is 0 Å². The maximum Gasteiger partial charge on any atom is 0.277 e. The first-order chi connectivity index (χ1) is 9.72. The third kappa shape index (κ3) is 2.73. The molecule has 0 aliphatic heterocycles. The summed E-state index contributed by atoms with van der Waals surface area (Å²) in [4.78, 5) is 12.8. The molecular formula is C13H13N5OS. The van der Waals surface area contributed by atoms with E-state index in [1.165, 1.54) is 11.3 Å². The third-order valence-corrected chi connectivity index (χ3v) is 3.73. The van der Waals surface area contributed by atoms with Crippen LogP contribution in [0.4, 0.5) is 0 Å². The third-order valence-electron chi connectivity index (χ3n) is 2.68. The molecule has 0 fully saturated rings. The first-order valence-corrected chi connectivity index (χ1v) is 7.03. The Morgan fingerprint density at radius 3 is 3.00 bits per heavy atom. The largest absolute Gasteiger partial charge is 0.332 e. The molecule has 3 aromatic rings. The molecule has 3 aromatic heterocycles. The van der Waals surface area contributed by atoms with Crippen LogP contribution in [-0.2, 0) is 6.42 Å². The highest BCUT2D eigenvalue weighted by Crippen LogP contribution is 2.23. The van der Waals surface area contributed by atoms with Gasteiger partial charge in [-0.05, 0) is 18.6 Å². The van der Waals surface area contributed by atoms with Gasteiger partial charge < -0.3 is 10.3 Å². The van der Waals surface area contributed by atoms with Crippen molar-refractivity contribution in [1.82, 2.24) is 20.1 Å². The van der Waals surface area contributed by atoms with Crippen molar-refractivity contribution in [3.05, 3.63) is 46.3 Å². The van der Waals surface area contributed by atoms with Gasteiger partial charge in [-0.1, -0.05) is 11.2 Å². The van der Waals surface area contributed by atoms with E-state index in [0.29, 0.717) is 23.8 Å². The lowest BCUT2D eigenvalue weighted by Crippen LogP contribution is -2.03. The quantitative estimate of drug-likeness (QED) is 0.791. The molecule has 7 heteroatoms. The molecule has 0 aliphatic carbocycles. The van der Waals surface area contributed by atoms with E-state index in [-0.39, 0.29) is 6.04 Å². The van der Waals surface area contributed by atoms with E-state index >= 15 is 0 Å². The summed E-state index contributed by atoms with van der Waals surface area (Å²) in [5, 5.41) is 6.69. The fourth-order valence-corrected chi connectivity index (χ4v) is 2.46. The Morgan fingerprint density at radius 1 is 1.40 bits per heavy atom. The normalized spacial score (nSPS) is 12.5. The van der Waals surface area contributed by atoms with Gasteiger partial charge in [-0.15, -0.1) is 11.3 Å². The van der Waals surface area contributed by atoms with Gasteiger partial charge in [-0.3, -0.25) is 4.98 Å². The molecule has 0 bridgehead atoms. The van der Waals surface area contributed by atoms with E-state index in [9.17, 15) is 0 Å². The van der Waals surface area contributed by atoms with Crippen molar-refractivity contribution in [2.24, 2.45) is 5.73 Å². The minimum Gasteiger partial charge on any atom is -0.332 e. The van der Waals surface area contributed by atoms with Crippen LogP contribution in [-0.4, -0.2) is 20.1 Å². The monoisotopic (exact) mass is 287 g/mol. The highest BCUT2D eigenvalue weighted by Gasteiger charge is 2.14. The molecule has 0 radical (unpaired) electrons. The fraction of sp³-hybridized carbons (Fsp3) is 0.231. The molecule has 0 aliphatic rings. The summed E-state index contributed by atoms with van der Waals surface area (Å²) in [5.74, 6) is 1.04. The van der Waals surface area contributed by atoms with Crippen molar-refractivity contribution in [1.29, 1.82) is 0 Å². The molecule has 0 amide bonds. The van der Waals surface area contributed by atoms with Crippen LogP contribution in [0.2, 0.25) is 0 Å². The van der Waals surface area contributed by atoms with Gasteiger partial charge >= 0.3 is 0 Å². The number of nitrogens with two attached hydrogens (primary N) is 1. The highest BCUT2D eigenvalue weighted by molar-refractivity contribution is 7.10. The molecule has 3 rings (SSSR count). The molecule has 0 saturated carbocycles. The molecule has 0 spiro atoms. The SMILES string of the molecule is CC(N)c1nc(-c2nc(Cc3cccnc3)no2)cs1. The minimum absolute atomic E-state index is 0.0912. The Hall–Kier alpha value is -2.12. The molecule has 102 valence electrons. The first kappa shape index (κ1) is 12.9. The van der Waals surface area contributed by atoms with E-state index < -0.39 is 0 Å². The molecular weight excluding hydrogens is 274 g/mol. The molecule has 20 heavy (non-hydrogen) atoms. The topological polar surface area (TPSA) is 90.7 Å². The number of rotatable bonds is 4. The Bertz CT molecular complexity index is 692. The summed E-state index contributed by atoms with van der Waals surface area (Å²) >= 11 is 1.49. The van der Waals surface area contributed by atoms with Crippen LogP contribution in [0.1, 0.15) is 29.4 Å². The number of thiazole rings is 1. The zero-order chi connectivity index (χ0) is 13.9. The number of pyridine rings is 1. The summed E-state index contributed by atoms with van der Waals surface area (Å²) in [7, 11) is 0. The van der Waals surface area contributed by atoms with Gasteiger partial charge in [0.25, 0.3) is 5.89 Å². The number of aromatic nitrogens is 4. The molecule has 1 unspecified atom stereocenters. The van der Waals surface area contributed by atoms with Gasteiger partial charge in [0.15, 0.2) is 5.82 Å². The predicted molar refractivity (Wildman–Crippen MR) is 75.1 cm³/mol. The summed E-state index contributed by atoms with van der Waals surface area (Å²) in [6, 6.07) is 3.76. The highest BCUT2D eigenvalue weighted by atomic mass is 32.1. The summed E-state index contributed by atoms with van der Waals surface area (Å²) in [6.45, 7) is 1.89. The zero-order valence-electron chi connectivity index (χ0n) is 10.9. The van der Waals surface area contributed by atoms with Gasteiger partial charge in [0, 0.05) is 24.2 Å². The second-order valence-electron chi connectivity index (χ2n) is 4.41. The standard InChI is InChI=1S/C13H13N5OS/c1-8(14)13-16-10(7-20-13)12-17-11(18-19-12)5-9-3-2-4-15-6-9/h2-4,6-8H,5,14H2,1H3.